The molecule has 2 aromatic carbocycles. The van der Waals surface area contributed by atoms with Gasteiger partial charge in [-0.3, -0.25) is 4.79 Å². The lowest BCUT2D eigenvalue weighted by atomic mass is 10.2. The second kappa shape index (κ2) is 9.32. The molecule has 25 heavy (non-hydrogen) atoms. The summed E-state index contributed by atoms with van der Waals surface area (Å²) >= 11 is 0. The van der Waals surface area contributed by atoms with Gasteiger partial charge in [0, 0.05) is 18.7 Å². The Morgan fingerprint density at radius 3 is 2.72 bits per heavy atom. The Balaban J connectivity index is 1.69. The van der Waals surface area contributed by atoms with E-state index in [0.29, 0.717) is 18.6 Å². The molecule has 6 heteroatoms. The summed E-state index contributed by atoms with van der Waals surface area (Å²) in [5.41, 5.74) is 5.47. The van der Waals surface area contributed by atoms with Crippen molar-refractivity contribution in [3.8, 4) is 11.5 Å². The fraction of sp³-hybridized carbons (Fsp3) is 0.263. The summed E-state index contributed by atoms with van der Waals surface area (Å²) in [5, 5.41) is 16.7. The predicted molar refractivity (Wildman–Crippen MR) is 99.3 cm³/mol. The van der Waals surface area contributed by atoms with Crippen molar-refractivity contribution in [2.45, 2.75) is 19.8 Å². The van der Waals surface area contributed by atoms with Crippen molar-refractivity contribution in [3.63, 3.8) is 0 Å². The molecule has 0 bridgehead atoms. The molecule has 0 unspecified atom stereocenters. The van der Waals surface area contributed by atoms with Crippen LogP contribution in [-0.4, -0.2) is 30.9 Å². The van der Waals surface area contributed by atoms with E-state index in [0.717, 1.165) is 17.8 Å². The summed E-state index contributed by atoms with van der Waals surface area (Å²) < 4.78 is 5.02. The van der Waals surface area contributed by atoms with Gasteiger partial charge in [-0.1, -0.05) is 17.7 Å². The maximum atomic E-state index is 11.7. The zero-order chi connectivity index (χ0) is 18.1. The highest BCUT2D eigenvalue weighted by molar-refractivity contribution is 5.83. The topological polar surface area (TPSA) is 83.0 Å². The van der Waals surface area contributed by atoms with Gasteiger partial charge in [0.1, 0.15) is 0 Å². The van der Waals surface area contributed by atoms with Gasteiger partial charge in [-0.2, -0.15) is 5.10 Å². The molecule has 0 aliphatic heterocycles. The summed E-state index contributed by atoms with van der Waals surface area (Å²) in [4.78, 5) is 11.7. The minimum Gasteiger partial charge on any atom is -0.504 e. The van der Waals surface area contributed by atoms with Gasteiger partial charge in [-0.05, 0) is 49.2 Å². The molecule has 0 fully saturated rings. The van der Waals surface area contributed by atoms with E-state index in [1.807, 2.05) is 31.2 Å². The van der Waals surface area contributed by atoms with Crippen molar-refractivity contribution in [2.24, 2.45) is 5.10 Å². The fourth-order valence-electron chi connectivity index (χ4n) is 2.16. The third-order valence-corrected chi connectivity index (χ3v) is 3.57. The second-order valence-electron chi connectivity index (χ2n) is 5.62. The smallest absolute Gasteiger partial charge is 0.240 e. The number of aryl methyl sites for hydroxylation is 1. The number of nitrogens with one attached hydrogen (secondary N) is 2. The Hall–Kier alpha value is -3.02. The van der Waals surface area contributed by atoms with Gasteiger partial charge in [0.2, 0.25) is 5.91 Å². The number of anilines is 1. The molecule has 0 saturated heterocycles. The first-order valence-electron chi connectivity index (χ1n) is 8.08. The Morgan fingerprint density at radius 2 is 2.00 bits per heavy atom. The number of phenols is 1. The van der Waals surface area contributed by atoms with Crippen LogP contribution in [0.2, 0.25) is 0 Å². The van der Waals surface area contributed by atoms with Crippen LogP contribution < -0.4 is 15.5 Å². The molecule has 0 spiro atoms. The third-order valence-electron chi connectivity index (χ3n) is 3.57. The lowest BCUT2D eigenvalue weighted by Crippen LogP contribution is -2.18. The van der Waals surface area contributed by atoms with Crippen molar-refractivity contribution < 1.29 is 14.6 Å². The zero-order valence-corrected chi connectivity index (χ0v) is 14.5. The first-order valence-corrected chi connectivity index (χ1v) is 8.08. The highest BCUT2D eigenvalue weighted by Crippen LogP contribution is 2.25. The van der Waals surface area contributed by atoms with E-state index in [1.54, 1.807) is 12.1 Å². The van der Waals surface area contributed by atoms with Crippen LogP contribution in [0.5, 0.6) is 11.5 Å². The van der Waals surface area contributed by atoms with Crippen LogP contribution in [-0.2, 0) is 4.79 Å². The molecular formula is C19H23N3O3. The van der Waals surface area contributed by atoms with E-state index in [1.165, 1.54) is 25.0 Å². The standard InChI is InChI=1S/C19H23N3O3/c1-14-5-8-16(9-6-14)20-11-3-4-19(24)22-21-13-15-7-10-17(23)18(12-15)25-2/h5-10,12-13,20,23H,3-4,11H2,1-2H3,(H,22,24)/b21-13+. The van der Waals surface area contributed by atoms with E-state index in [2.05, 4.69) is 15.8 Å². The molecule has 0 radical (unpaired) electrons. The first kappa shape index (κ1) is 18.3. The molecule has 1 amide bonds. The maximum absolute atomic E-state index is 11.7. The minimum absolute atomic E-state index is 0.0600. The monoisotopic (exact) mass is 341 g/mol. The van der Waals surface area contributed by atoms with E-state index < -0.39 is 0 Å². The lowest BCUT2D eigenvalue weighted by Gasteiger charge is -2.06. The first-order chi connectivity index (χ1) is 12.1. The van der Waals surface area contributed by atoms with E-state index in [4.69, 9.17) is 4.74 Å². The molecule has 0 heterocycles. The summed E-state index contributed by atoms with van der Waals surface area (Å²) in [6, 6.07) is 13.0. The number of ether oxygens (including phenoxy) is 1. The van der Waals surface area contributed by atoms with Crippen molar-refractivity contribution in [1.82, 2.24) is 5.43 Å². The number of rotatable bonds is 8. The number of amides is 1. The molecular weight excluding hydrogens is 318 g/mol. The van der Waals surface area contributed by atoms with Crippen LogP contribution in [0.4, 0.5) is 5.69 Å². The average Bonchev–Trinajstić information content (AvgIpc) is 2.61. The minimum atomic E-state index is -0.146. The Bertz CT molecular complexity index is 727. The predicted octanol–water partition coefficient (Wildman–Crippen LogP) is 3.05. The Labute approximate surface area is 147 Å². The fourth-order valence-corrected chi connectivity index (χ4v) is 2.16. The van der Waals surface area contributed by atoms with Crippen molar-refractivity contribution in [3.05, 3.63) is 53.6 Å². The molecule has 0 aliphatic carbocycles. The summed E-state index contributed by atoms with van der Waals surface area (Å²) in [5.74, 6) is 0.273. The van der Waals surface area contributed by atoms with Crippen LogP contribution >= 0.6 is 0 Å². The highest BCUT2D eigenvalue weighted by atomic mass is 16.5. The van der Waals surface area contributed by atoms with Crippen LogP contribution in [0.15, 0.2) is 47.6 Å². The third kappa shape index (κ3) is 6.18. The molecule has 6 nitrogen and oxygen atoms in total. The van der Waals surface area contributed by atoms with Gasteiger partial charge in [0.15, 0.2) is 11.5 Å². The summed E-state index contributed by atoms with van der Waals surface area (Å²) in [6.07, 6.45) is 2.60. The van der Waals surface area contributed by atoms with Crippen LogP contribution in [0, 0.1) is 6.92 Å². The Kier molecular flexibility index (Phi) is 6.83. The average molecular weight is 341 g/mol. The number of hydrogen-bond acceptors (Lipinski definition) is 5. The second-order valence-corrected chi connectivity index (χ2v) is 5.62. The number of aromatic hydroxyl groups is 1. The number of hydrazone groups is 1. The number of methoxy groups -OCH3 is 1. The van der Waals surface area contributed by atoms with E-state index >= 15 is 0 Å². The van der Waals surface area contributed by atoms with Gasteiger partial charge >= 0.3 is 0 Å². The molecule has 0 aliphatic rings. The van der Waals surface area contributed by atoms with Gasteiger partial charge in [0.25, 0.3) is 0 Å². The van der Waals surface area contributed by atoms with Gasteiger partial charge in [-0.25, -0.2) is 5.43 Å². The number of nitrogens with zero attached hydrogens (tertiary/aromatic N) is 1. The molecule has 0 atom stereocenters. The molecule has 0 saturated carbocycles. The number of carbonyl (C=O) groups excluding carboxylic acids is 1. The van der Waals surface area contributed by atoms with E-state index in [-0.39, 0.29) is 11.7 Å². The van der Waals surface area contributed by atoms with Gasteiger partial charge in [-0.15, -0.1) is 0 Å². The molecule has 2 aromatic rings. The zero-order valence-electron chi connectivity index (χ0n) is 14.5. The molecule has 3 N–H and O–H groups in total. The van der Waals surface area contributed by atoms with Gasteiger partial charge in [0.05, 0.1) is 13.3 Å². The van der Waals surface area contributed by atoms with Gasteiger partial charge < -0.3 is 15.2 Å². The molecule has 132 valence electrons. The van der Waals surface area contributed by atoms with Crippen LogP contribution in [0.25, 0.3) is 0 Å². The molecule has 0 aromatic heterocycles. The van der Waals surface area contributed by atoms with E-state index in [9.17, 15) is 9.90 Å². The highest BCUT2D eigenvalue weighted by Gasteiger charge is 2.02. The van der Waals surface area contributed by atoms with Crippen LogP contribution in [0.1, 0.15) is 24.0 Å². The molecule has 2 rings (SSSR count). The maximum Gasteiger partial charge on any atom is 0.240 e. The van der Waals surface area contributed by atoms with Crippen molar-refractivity contribution in [2.75, 3.05) is 19.0 Å². The summed E-state index contributed by atoms with van der Waals surface area (Å²) in [6.45, 7) is 2.76. The van der Waals surface area contributed by atoms with Crippen LogP contribution in [0.3, 0.4) is 0 Å². The van der Waals surface area contributed by atoms with Crippen molar-refractivity contribution >= 4 is 17.8 Å². The normalized spacial score (nSPS) is 10.6. The number of hydrogen-bond donors (Lipinski definition) is 3. The number of phenolic OH excluding ortho intramolecular Hbond substituents is 1. The Morgan fingerprint density at radius 1 is 1.24 bits per heavy atom. The lowest BCUT2D eigenvalue weighted by molar-refractivity contribution is -0.121. The number of carbonyl (C=O) groups is 1. The SMILES string of the molecule is COc1cc(/C=N/NC(=O)CCCNc2ccc(C)cc2)ccc1O. The quantitative estimate of drug-likeness (QED) is 0.391. The largest absolute Gasteiger partial charge is 0.504 e. The summed E-state index contributed by atoms with van der Waals surface area (Å²) in [7, 11) is 1.47. The van der Waals surface area contributed by atoms with Crippen molar-refractivity contribution in [1.29, 1.82) is 0 Å². The number of benzene rings is 2.